The highest BCUT2D eigenvalue weighted by molar-refractivity contribution is 5.90. The van der Waals surface area contributed by atoms with Crippen LogP contribution in [0.5, 0.6) is 0 Å². The summed E-state index contributed by atoms with van der Waals surface area (Å²) in [5.41, 5.74) is 0.577. The number of carbonyl (C=O) groups is 6. The lowest BCUT2D eigenvalue weighted by atomic mass is 9.96. The molecule has 0 aromatic rings. The van der Waals surface area contributed by atoms with Crippen LogP contribution in [0.15, 0.2) is 69.9 Å². The quantitative estimate of drug-likeness (QED) is 0.0371. The molecule has 0 aromatic heterocycles. The maximum absolute atomic E-state index is 13.3. The predicted molar refractivity (Wildman–Crippen MR) is 278 cm³/mol. The second kappa shape index (κ2) is 32.1. The molecule has 462 valence electrons. The summed E-state index contributed by atoms with van der Waals surface area (Å²) in [6.07, 6.45) is -31.2. The summed E-state index contributed by atoms with van der Waals surface area (Å²) >= 11 is 0. The van der Waals surface area contributed by atoms with Crippen molar-refractivity contribution in [2.75, 3.05) is 26.4 Å². The molecule has 0 aromatic carbocycles. The summed E-state index contributed by atoms with van der Waals surface area (Å²) in [6, 6.07) is 0. The molecule has 0 bridgehead atoms. The highest BCUT2D eigenvalue weighted by atomic mass is 16.8. The molecule has 0 unspecified atom stereocenters. The molecular formula is C55H80O27. The van der Waals surface area contributed by atoms with E-state index in [4.69, 9.17) is 61.6 Å². The summed E-state index contributed by atoms with van der Waals surface area (Å²) in [4.78, 5) is 78.8. The van der Waals surface area contributed by atoms with Crippen LogP contribution < -0.4 is 0 Å². The van der Waals surface area contributed by atoms with Crippen LogP contribution in [0, 0.1) is 0 Å². The fourth-order valence-electron chi connectivity index (χ4n) is 8.35. The zero-order valence-electron chi connectivity index (χ0n) is 47.9. The first kappa shape index (κ1) is 69.2. The van der Waals surface area contributed by atoms with E-state index in [1.807, 2.05) is 0 Å². The maximum atomic E-state index is 13.3. The molecule has 27 heteroatoms. The Morgan fingerprint density at radius 1 is 0.366 bits per heavy atom. The number of aliphatic hydroxyl groups excluding tert-OH is 8. The molecule has 0 radical (unpaired) electrons. The van der Waals surface area contributed by atoms with Gasteiger partial charge in [0, 0.05) is 33.4 Å². The highest BCUT2D eigenvalue weighted by Gasteiger charge is 2.58. The molecule has 4 aliphatic heterocycles. The van der Waals surface area contributed by atoms with Gasteiger partial charge in [-0.3, -0.25) is 0 Å². The molecule has 82 heavy (non-hydrogen) atoms. The van der Waals surface area contributed by atoms with Gasteiger partial charge in [-0.15, -0.1) is 0 Å². The number of aliphatic hydroxyl groups is 8. The molecule has 4 heterocycles. The van der Waals surface area contributed by atoms with Gasteiger partial charge in [0.25, 0.3) is 0 Å². The molecule has 0 spiro atoms. The lowest BCUT2D eigenvalue weighted by Crippen LogP contribution is -2.68. The largest absolute Gasteiger partial charge is 0.459 e. The van der Waals surface area contributed by atoms with Crippen molar-refractivity contribution < 1.29 is 131 Å². The third-order valence-corrected chi connectivity index (χ3v) is 14.2. The van der Waals surface area contributed by atoms with Crippen molar-refractivity contribution in [3.8, 4) is 0 Å². The minimum absolute atomic E-state index is 0.0357. The standard InChI is InChI=1S/C55H80O27/c1-13-24(8)46(64)70-22-32-34(58)36(60)44(80-52-38(62)42(78-49(67)27(11)16-4)40(30(20-56)72-52)76-48(66)26(10)15-3)54(74-32)82-55-45(37(61)35(59)33(75-55)23-71-47(65)25(9)14-2)81-53-39(63)43(79-50(68)28(12)17-5)41(31(21-57)73-53)77-51(69)29(18-6)19-7/h13-18,30-45,52-63H,19-23H2,1-12H3/b24-13+,25-14+,26-15+,27-16+,28-17+,29-18+/t30-,31-,32-,33-,34-,35-,36+,37+,38-,39-,40-,41-,42-,43-,44-,45-,52+,53+,54-,55-/m1/s1. The summed E-state index contributed by atoms with van der Waals surface area (Å²) in [6.45, 7) is 14.4. The smallest absolute Gasteiger partial charge is 0.334 e. The number of ether oxygens (including phenoxy) is 13. The van der Waals surface area contributed by atoms with Gasteiger partial charge in [0.1, 0.15) is 86.5 Å². The van der Waals surface area contributed by atoms with Gasteiger partial charge in [-0.25, -0.2) is 28.8 Å². The molecule has 4 saturated heterocycles. The van der Waals surface area contributed by atoms with Gasteiger partial charge in [-0.05, 0) is 82.6 Å². The Kier molecular flexibility index (Phi) is 27.1. The summed E-state index contributed by atoms with van der Waals surface area (Å²) in [5, 5.41) is 92.6. The number of rotatable bonds is 23. The topological polar surface area (TPSA) is 384 Å². The van der Waals surface area contributed by atoms with Gasteiger partial charge in [-0.1, -0.05) is 43.4 Å². The van der Waals surface area contributed by atoms with Crippen molar-refractivity contribution in [1.29, 1.82) is 0 Å². The van der Waals surface area contributed by atoms with Gasteiger partial charge in [0.15, 0.2) is 49.6 Å². The third kappa shape index (κ3) is 16.9. The molecule has 0 aliphatic carbocycles. The zero-order chi connectivity index (χ0) is 61.4. The molecule has 27 nitrogen and oxygen atoms in total. The molecule has 0 saturated carbocycles. The third-order valence-electron chi connectivity index (χ3n) is 14.2. The van der Waals surface area contributed by atoms with E-state index in [9.17, 15) is 69.6 Å². The van der Waals surface area contributed by atoms with Crippen LogP contribution in [0.1, 0.15) is 89.5 Å². The van der Waals surface area contributed by atoms with Gasteiger partial charge in [-0.2, -0.15) is 0 Å². The highest BCUT2D eigenvalue weighted by Crippen LogP contribution is 2.37. The first-order valence-electron chi connectivity index (χ1n) is 26.7. The Morgan fingerprint density at radius 3 is 0.976 bits per heavy atom. The Balaban J connectivity index is 1.88. The summed E-state index contributed by atoms with van der Waals surface area (Å²) in [7, 11) is 0. The first-order valence-corrected chi connectivity index (χ1v) is 26.7. The monoisotopic (exact) mass is 1170 g/mol. The fraction of sp³-hybridized carbons (Fsp3) is 0.673. The second-order valence-corrected chi connectivity index (χ2v) is 19.5. The van der Waals surface area contributed by atoms with Crippen molar-refractivity contribution in [2.45, 2.75) is 212 Å². The number of carbonyl (C=O) groups excluding carboxylic acids is 6. The van der Waals surface area contributed by atoms with Crippen molar-refractivity contribution in [1.82, 2.24) is 0 Å². The fourth-order valence-corrected chi connectivity index (χ4v) is 8.35. The maximum Gasteiger partial charge on any atom is 0.334 e. The molecule has 0 amide bonds. The van der Waals surface area contributed by atoms with Crippen molar-refractivity contribution in [3.63, 3.8) is 0 Å². The molecule has 4 fully saturated rings. The normalized spacial score (nSPS) is 35.3. The first-order chi connectivity index (χ1) is 38.8. The lowest BCUT2D eigenvalue weighted by Gasteiger charge is -2.49. The van der Waals surface area contributed by atoms with E-state index in [0.29, 0.717) is 0 Å². The van der Waals surface area contributed by atoms with Crippen LogP contribution in [0.3, 0.4) is 0 Å². The molecule has 8 N–H and O–H groups in total. The second-order valence-electron chi connectivity index (χ2n) is 19.5. The Morgan fingerprint density at radius 2 is 0.671 bits per heavy atom. The Labute approximate surface area is 474 Å². The summed E-state index contributed by atoms with van der Waals surface area (Å²) < 4.78 is 76.1. The molecule has 4 rings (SSSR count). The van der Waals surface area contributed by atoms with E-state index in [0.717, 1.165) is 0 Å². The van der Waals surface area contributed by atoms with E-state index < -0.39 is 185 Å². The van der Waals surface area contributed by atoms with E-state index in [-0.39, 0.29) is 39.9 Å². The van der Waals surface area contributed by atoms with Gasteiger partial charge in [0.05, 0.1) is 13.2 Å². The molecule has 20 atom stereocenters. The number of esters is 6. The van der Waals surface area contributed by atoms with Crippen LogP contribution in [-0.2, 0) is 90.3 Å². The zero-order valence-corrected chi connectivity index (χ0v) is 47.9. The lowest BCUT2D eigenvalue weighted by molar-refractivity contribution is -0.414. The van der Waals surface area contributed by atoms with Gasteiger partial charge in [0.2, 0.25) is 0 Å². The summed E-state index contributed by atoms with van der Waals surface area (Å²) in [5.74, 6) is -5.64. The average Bonchev–Trinajstić information content (AvgIpc) is 3.62. The van der Waals surface area contributed by atoms with E-state index in [1.165, 1.54) is 91.8 Å². The van der Waals surface area contributed by atoms with Gasteiger partial charge >= 0.3 is 35.8 Å². The average molecular weight is 1170 g/mol. The SMILES string of the molecule is C/C=C(\C)C(=O)OC[C@H]1O[C@H](O[C@H]2O[C@H](COC(=O)/C(C)=C/C)[C@@H](O)[C@H](O)[C@H]2O[C@@H]2O[C@H](CO)[C@@H](OC(=O)/C(=C/C)CC)[C@H](OC(=O)/C(C)=C/C)[C@H]2O)[C@H](O[C@@H]2O[C@H](CO)[C@@H](OC(=O)/C(C)=C/C)[C@H](OC(=O)/C(C)=C/C)[C@H]2O)[C@@H](O)[C@@H]1O. The minimum Gasteiger partial charge on any atom is -0.459 e. The molecule has 4 aliphatic rings. The van der Waals surface area contributed by atoms with E-state index in [2.05, 4.69) is 0 Å². The Hall–Kier alpha value is -5.34. The number of hydrogen-bond donors (Lipinski definition) is 8. The van der Waals surface area contributed by atoms with Crippen molar-refractivity contribution >= 4 is 35.8 Å². The van der Waals surface area contributed by atoms with Crippen molar-refractivity contribution in [3.05, 3.63) is 69.9 Å². The molecular weight excluding hydrogens is 1090 g/mol. The van der Waals surface area contributed by atoms with Crippen LogP contribution in [0.25, 0.3) is 0 Å². The predicted octanol–water partition coefficient (Wildman–Crippen LogP) is -0.256. The number of hydrogen-bond acceptors (Lipinski definition) is 27. The Bertz CT molecular complexity index is 2390. The van der Waals surface area contributed by atoms with Crippen LogP contribution in [0.4, 0.5) is 0 Å². The van der Waals surface area contributed by atoms with Gasteiger partial charge < -0.3 is 102 Å². The van der Waals surface area contributed by atoms with E-state index >= 15 is 0 Å². The van der Waals surface area contributed by atoms with Crippen LogP contribution >= 0.6 is 0 Å². The number of allylic oxidation sites excluding steroid dienone is 6. The van der Waals surface area contributed by atoms with Crippen LogP contribution in [-0.4, -0.2) is 226 Å². The van der Waals surface area contributed by atoms with E-state index in [1.54, 1.807) is 27.7 Å². The minimum atomic E-state index is -2.23. The van der Waals surface area contributed by atoms with Crippen molar-refractivity contribution in [2.24, 2.45) is 0 Å². The van der Waals surface area contributed by atoms with Crippen LogP contribution in [0.2, 0.25) is 0 Å².